The highest BCUT2D eigenvalue weighted by molar-refractivity contribution is 5.93. The van der Waals surface area contributed by atoms with Crippen LogP contribution in [-0.4, -0.2) is 28.4 Å². The summed E-state index contributed by atoms with van der Waals surface area (Å²) >= 11 is 0. The highest BCUT2D eigenvalue weighted by atomic mass is 16.4. The standard InChI is InChI=1S/C24H34O5/c1-13(4-7-21(28)29)16-5-6-17-22-18(12-20(27)24(16,17)3)23(2)9-8-15(25)10-14(23)11-19(22)26/h13-14,16-18,22H,4-12H2,1-3H3,(H,28,29)/t13?,14-,16+,17-,18?,22?,23-,24+/m0/s1/i1D3,13D. The molecule has 0 radical (unpaired) electrons. The molecule has 0 aromatic rings. The third-order valence-corrected chi connectivity index (χ3v) is 9.18. The van der Waals surface area contributed by atoms with Crippen molar-refractivity contribution in [2.24, 2.45) is 46.3 Å². The molecule has 8 atom stereocenters. The number of carboxylic acid groups (broad SMARTS) is 1. The molecule has 160 valence electrons. The minimum absolute atomic E-state index is 0.0462. The molecule has 4 fully saturated rings. The lowest BCUT2D eigenvalue weighted by molar-refractivity contribution is -0.166. The quantitative estimate of drug-likeness (QED) is 0.760. The van der Waals surface area contributed by atoms with Crippen molar-refractivity contribution < 1.29 is 29.8 Å². The van der Waals surface area contributed by atoms with E-state index in [0.717, 1.165) is 0 Å². The average Bonchev–Trinajstić information content (AvgIpc) is 3.06. The zero-order valence-electron chi connectivity index (χ0n) is 21.3. The van der Waals surface area contributed by atoms with Crippen molar-refractivity contribution in [2.75, 3.05) is 0 Å². The van der Waals surface area contributed by atoms with E-state index in [9.17, 15) is 24.3 Å². The van der Waals surface area contributed by atoms with Gasteiger partial charge in [0.05, 0.1) is 0 Å². The Morgan fingerprint density at radius 2 is 1.97 bits per heavy atom. The van der Waals surface area contributed by atoms with Gasteiger partial charge in [-0.3, -0.25) is 19.2 Å². The van der Waals surface area contributed by atoms with Crippen LogP contribution in [-0.2, 0) is 19.2 Å². The predicted molar refractivity (Wildman–Crippen MR) is 107 cm³/mol. The molecular weight excluding hydrogens is 368 g/mol. The number of hydrogen-bond donors (Lipinski definition) is 1. The average molecular weight is 407 g/mol. The summed E-state index contributed by atoms with van der Waals surface area (Å²) in [5, 5.41) is 9.18. The number of rotatable bonds is 4. The number of ketones is 3. The van der Waals surface area contributed by atoms with Crippen LogP contribution in [0.5, 0.6) is 0 Å². The molecule has 29 heavy (non-hydrogen) atoms. The molecule has 5 nitrogen and oxygen atoms in total. The van der Waals surface area contributed by atoms with Crippen LogP contribution < -0.4 is 0 Å². The monoisotopic (exact) mass is 406 g/mol. The normalized spacial score (nSPS) is 48.9. The zero-order valence-corrected chi connectivity index (χ0v) is 17.3. The lowest BCUT2D eigenvalue weighted by atomic mass is 9.44. The Labute approximate surface area is 178 Å². The van der Waals surface area contributed by atoms with Gasteiger partial charge < -0.3 is 5.11 Å². The van der Waals surface area contributed by atoms with E-state index in [0.29, 0.717) is 38.5 Å². The number of hydrogen-bond acceptors (Lipinski definition) is 4. The summed E-state index contributed by atoms with van der Waals surface area (Å²) < 4.78 is 33.3. The first-order valence-electron chi connectivity index (χ1n) is 13.0. The third-order valence-electron chi connectivity index (χ3n) is 9.18. The first kappa shape index (κ1) is 16.2. The summed E-state index contributed by atoms with van der Waals surface area (Å²) in [7, 11) is 0. The maximum absolute atomic E-state index is 13.8. The second-order valence-electron chi connectivity index (χ2n) is 10.3. The summed E-state index contributed by atoms with van der Waals surface area (Å²) in [5.74, 6) is -4.84. The molecule has 0 aliphatic heterocycles. The number of aliphatic carboxylic acids is 1. The van der Waals surface area contributed by atoms with Gasteiger partial charge in [-0.2, -0.15) is 0 Å². The molecule has 3 unspecified atom stereocenters. The van der Waals surface area contributed by atoms with Gasteiger partial charge in [0.2, 0.25) is 0 Å². The molecule has 0 amide bonds. The maximum atomic E-state index is 13.8. The molecule has 0 aromatic heterocycles. The van der Waals surface area contributed by atoms with Gasteiger partial charge in [-0.15, -0.1) is 0 Å². The van der Waals surface area contributed by atoms with Gasteiger partial charge in [0.1, 0.15) is 17.3 Å². The van der Waals surface area contributed by atoms with Crippen LogP contribution in [0.1, 0.15) is 84.0 Å². The molecule has 4 aliphatic carbocycles. The Bertz CT molecular complexity index is 900. The highest BCUT2D eigenvalue weighted by Crippen LogP contribution is 2.66. The third kappa shape index (κ3) is 3.02. The van der Waals surface area contributed by atoms with Crippen molar-refractivity contribution in [3.05, 3.63) is 0 Å². The van der Waals surface area contributed by atoms with E-state index in [1.54, 1.807) is 6.92 Å². The fourth-order valence-corrected chi connectivity index (χ4v) is 7.42. The van der Waals surface area contributed by atoms with Gasteiger partial charge in [0, 0.05) is 48.9 Å². The molecule has 0 spiro atoms. The van der Waals surface area contributed by atoms with Crippen LogP contribution in [0.25, 0.3) is 0 Å². The van der Waals surface area contributed by atoms with Gasteiger partial charge in [-0.1, -0.05) is 20.7 Å². The number of Topliss-reactive ketones (excluding diaryl/α,β-unsaturated/α-hetero) is 3. The molecule has 0 saturated heterocycles. The van der Waals surface area contributed by atoms with E-state index in [4.69, 9.17) is 5.48 Å². The van der Waals surface area contributed by atoms with E-state index in [2.05, 4.69) is 6.92 Å². The van der Waals surface area contributed by atoms with E-state index >= 15 is 0 Å². The van der Waals surface area contributed by atoms with Crippen LogP contribution >= 0.6 is 0 Å². The summed E-state index contributed by atoms with van der Waals surface area (Å²) in [6.45, 7) is 1.09. The second kappa shape index (κ2) is 7.02. The SMILES string of the molecule is [2H]C([2H])([2H])C([2H])(CCC(=O)O)[C@H]1CC[C@H]2C3C(=O)C[C@@H]4CC(=O)CC[C@]4(C)C3CC(=O)[C@]12C. The van der Waals surface area contributed by atoms with Crippen molar-refractivity contribution >= 4 is 23.3 Å². The van der Waals surface area contributed by atoms with E-state index in [1.807, 2.05) is 0 Å². The van der Waals surface area contributed by atoms with Crippen molar-refractivity contribution in [1.29, 1.82) is 0 Å². The lowest BCUT2D eigenvalue weighted by Crippen LogP contribution is -2.60. The van der Waals surface area contributed by atoms with E-state index in [-0.39, 0.29) is 59.3 Å². The fourth-order valence-electron chi connectivity index (χ4n) is 7.42. The largest absolute Gasteiger partial charge is 0.481 e. The van der Waals surface area contributed by atoms with Crippen LogP contribution in [0.4, 0.5) is 0 Å². The number of carbonyl (C=O) groups excluding carboxylic acids is 3. The van der Waals surface area contributed by atoms with Crippen LogP contribution in [0, 0.1) is 46.3 Å². The molecule has 0 bridgehead atoms. The van der Waals surface area contributed by atoms with Crippen molar-refractivity contribution in [3.63, 3.8) is 0 Å². The Morgan fingerprint density at radius 3 is 2.66 bits per heavy atom. The maximum Gasteiger partial charge on any atom is 0.303 e. The minimum Gasteiger partial charge on any atom is -0.481 e. The second-order valence-corrected chi connectivity index (χ2v) is 10.3. The van der Waals surface area contributed by atoms with Gasteiger partial charge in [-0.25, -0.2) is 0 Å². The summed E-state index contributed by atoms with van der Waals surface area (Å²) in [5.41, 5.74) is -1.41. The Balaban J connectivity index is 1.73. The van der Waals surface area contributed by atoms with Crippen LogP contribution in [0.2, 0.25) is 0 Å². The molecular formula is C24H34O5. The van der Waals surface area contributed by atoms with Gasteiger partial charge >= 0.3 is 5.97 Å². The Morgan fingerprint density at radius 1 is 1.21 bits per heavy atom. The van der Waals surface area contributed by atoms with Gasteiger partial charge in [0.15, 0.2) is 0 Å². The summed E-state index contributed by atoms with van der Waals surface area (Å²) in [6.07, 6.45) is 2.00. The van der Waals surface area contributed by atoms with Gasteiger partial charge in [-0.05, 0) is 60.7 Å². The molecule has 4 saturated carbocycles. The van der Waals surface area contributed by atoms with E-state index in [1.165, 1.54) is 0 Å². The molecule has 5 heteroatoms. The van der Waals surface area contributed by atoms with Crippen LogP contribution in [0.15, 0.2) is 0 Å². The number of fused-ring (bicyclic) bond motifs is 5. The first-order valence-corrected chi connectivity index (χ1v) is 11.0. The highest BCUT2D eigenvalue weighted by Gasteiger charge is 2.66. The lowest BCUT2D eigenvalue weighted by Gasteiger charge is -2.58. The Hall–Kier alpha value is -1.52. The Kier molecular flexibility index (Phi) is 3.92. The molecule has 1 N–H and O–H groups in total. The molecule has 0 aromatic carbocycles. The number of carbonyl (C=O) groups is 4. The summed E-state index contributed by atoms with van der Waals surface area (Å²) in [4.78, 5) is 50.6. The zero-order chi connectivity index (χ0) is 24.6. The van der Waals surface area contributed by atoms with Crippen molar-refractivity contribution in [2.45, 2.75) is 78.5 Å². The minimum atomic E-state index is -2.75. The molecule has 4 aliphatic rings. The number of carboxylic acids is 1. The van der Waals surface area contributed by atoms with E-state index < -0.39 is 36.5 Å². The predicted octanol–water partition coefficient (Wildman–Crippen LogP) is 4.07. The molecule has 0 heterocycles. The first-order chi connectivity index (χ1) is 15.2. The van der Waals surface area contributed by atoms with Crippen molar-refractivity contribution in [3.8, 4) is 0 Å². The van der Waals surface area contributed by atoms with Crippen LogP contribution in [0.3, 0.4) is 0 Å². The molecule has 4 rings (SSSR count). The van der Waals surface area contributed by atoms with Crippen molar-refractivity contribution in [1.82, 2.24) is 0 Å². The fraction of sp³-hybridized carbons (Fsp3) is 0.833. The summed E-state index contributed by atoms with van der Waals surface area (Å²) in [6, 6.07) is 0. The smallest absolute Gasteiger partial charge is 0.303 e. The topological polar surface area (TPSA) is 88.5 Å². The van der Waals surface area contributed by atoms with Gasteiger partial charge in [0.25, 0.3) is 0 Å².